The number of carbonyl (C=O) groups excluding carboxylic acids is 2. The number of hydrogen-bond donors (Lipinski definition) is 0. The zero-order valence-corrected chi connectivity index (χ0v) is 16.0. The van der Waals surface area contributed by atoms with Crippen LogP contribution in [0.4, 0.5) is 5.69 Å². The van der Waals surface area contributed by atoms with Gasteiger partial charge in [-0.25, -0.2) is 0 Å². The lowest BCUT2D eigenvalue weighted by atomic mass is 9.80. The molecule has 1 aromatic carbocycles. The van der Waals surface area contributed by atoms with Gasteiger partial charge in [0.1, 0.15) is 5.75 Å². The van der Waals surface area contributed by atoms with Gasteiger partial charge >= 0.3 is 0 Å². The molecule has 2 amide bonds. The van der Waals surface area contributed by atoms with E-state index < -0.39 is 0 Å². The summed E-state index contributed by atoms with van der Waals surface area (Å²) >= 11 is 0. The van der Waals surface area contributed by atoms with Crippen LogP contribution in [-0.4, -0.2) is 36.9 Å². The molecule has 2 saturated heterocycles. The fraction of sp³-hybridized carbons (Fsp3) is 0.545. The van der Waals surface area contributed by atoms with E-state index in [0.717, 1.165) is 38.1 Å². The number of hydrogen-bond acceptors (Lipinski definition) is 4. The number of piperidine rings is 1. The molecule has 5 nitrogen and oxygen atoms in total. The number of benzene rings is 1. The molecular formula is C22H28N2O3. The van der Waals surface area contributed by atoms with Gasteiger partial charge in [0, 0.05) is 31.1 Å². The van der Waals surface area contributed by atoms with Gasteiger partial charge in [-0.1, -0.05) is 6.08 Å². The molecule has 0 saturated carbocycles. The number of rotatable bonds is 4. The molecule has 2 aliphatic heterocycles. The van der Waals surface area contributed by atoms with Crippen molar-refractivity contribution in [1.29, 1.82) is 0 Å². The van der Waals surface area contributed by atoms with Gasteiger partial charge in [0.2, 0.25) is 11.8 Å². The monoisotopic (exact) mass is 368 g/mol. The normalized spacial score (nSPS) is 26.3. The highest BCUT2D eigenvalue weighted by Gasteiger charge is 2.45. The predicted octanol–water partition coefficient (Wildman–Crippen LogP) is 3.74. The number of anilines is 1. The summed E-state index contributed by atoms with van der Waals surface area (Å²) in [5.41, 5.74) is 1.97. The SMILES string of the molecule is COc1ccc(N2C(=O)C[C@@H]([C@H]3CCCC=C3N3CCCCC3)C2=O)cc1. The molecule has 0 radical (unpaired) electrons. The fourth-order valence-corrected chi connectivity index (χ4v) is 4.78. The number of allylic oxidation sites excluding steroid dienone is 2. The summed E-state index contributed by atoms with van der Waals surface area (Å²) in [7, 11) is 1.61. The maximum Gasteiger partial charge on any atom is 0.238 e. The Hall–Kier alpha value is -2.30. The number of likely N-dealkylation sites (tertiary alicyclic amines) is 1. The minimum absolute atomic E-state index is 0.0417. The Bertz CT molecular complexity index is 734. The van der Waals surface area contributed by atoms with E-state index in [0.29, 0.717) is 12.1 Å². The van der Waals surface area contributed by atoms with Gasteiger partial charge in [0.15, 0.2) is 0 Å². The average molecular weight is 368 g/mol. The number of imide groups is 1. The van der Waals surface area contributed by atoms with E-state index in [9.17, 15) is 9.59 Å². The lowest BCUT2D eigenvalue weighted by Crippen LogP contribution is -2.38. The van der Waals surface area contributed by atoms with Crippen molar-refractivity contribution in [3.05, 3.63) is 36.0 Å². The van der Waals surface area contributed by atoms with E-state index in [-0.39, 0.29) is 23.7 Å². The largest absolute Gasteiger partial charge is 0.497 e. The maximum atomic E-state index is 13.2. The Morgan fingerprint density at radius 2 is 1.70 bits per heavy atom. The van der Waals surface area contributed by atoms with Crippen molar-refractivity contribution in [2.45, 2.75) is 44.9 Å². The van der Waals surface area contributed by atoms with Crippen LogP contribution in [0.25, 0.3) is 0 Å². The van der Waals surface area contributed by atoms with E-state index in [1.807, 2.05) is 0 Å². The first kappa shape index (κ1) is 18.1. The predicted molar refractivity (Wildman–Crippen MR) is 104 cm³/mol. The summed E-state index contributed by atoms with van der Waals surface area (Å²) in [6.07, 6.45) is 9.57. The second-order valence-electron chi connectivity index (χ2n) is 7.79. The van der Waals surface area contributed by atoms with Crippen LogP contribution in [-0.2, 0) is 9.59 Å². The third-order valence-corrected chi connectivity index (χ3v) is 6.17. The number of nitrogens with zero attached hydrogens (tertiary/aromatic N) is 2. The van der Waals surface area contributed by atoms with E-state index in [1.54, 1.807) is 31.4 Å². The third kappa shape index (κ3) is 3.47. The maximum absolute atomic E-state index is 13.2. The Kier molecular flexibility index (Phi) is 5.19. The molecule has 0 N–H and O–H groups in total. The first-order valence-electron chi connectivity index (χ1n) is 10.1. The van der Waals surface area contributed by atoms with E-state index in [2.05, 4.69) is 11.0 Å². The van der Waals surface area contributed by atoms with E-state index >= 15 is 0 Å². The Labute approximate surface area is 161 Å². The minimum Gasteiger partial charge on any atom is -0.497 e. The van der Waals surface area contributed by atoms with Crippen molar-refractivity contribution >= 4 is 17.5 Å². The highest BCUT2D eigenvalue weighted by Crippen LogP contribution is 2.41. The van der Waals surface area contributed by atoms with Gasteiger partial charge in [0.25, 0.3) is 0 Å². The van der Waals surface area contributed by atoms with Crippen LogP contribution in [0.1, 0.15) is 44.9 Å². The van der Waals surface area contributed by atoms with Crippen LogP contribution in [0.3, 0.4) is 0 Å². The van der Waals surface area contributed by atoms with Gasteiger partial charge < -0.3 is 9.64 Å². The van der Waals surface area contributed by atoms with Crippen LogP contribution in [0.2, 0.25) is 0 Å². The first-order valence-corrected chi connectivity index (χ1v) is 10.1. The molecule has 1 aliphatic carbocycles. The Morgan fingerprint density at radius 1 is 0.963 bits per heavy atom. The van der Waals surface area contributed by atoms with E-state index in [4.69, 9.17) is 4.74 Å². The molecule has 2 heterocycles. The van der Waals surface area contributed by atoms with Crippen molar-refractivity contribution in [2.24, 2.45) is 11.8 Å². The van der Waals surface area contributed by atoms with Crippen LogP contribution < -0.4 is 9.64 Å². The summed E-state index contributed by atoms with van der Waals surface area (Å²) in [4.78, 5) is 29.8. The van der Waals surface area contributed by atoms with Gasteiger partial charge in [-0.05, 0) is 62.8 Å². The summed E-state index contributed by atoms with van der Waals surface area (Å²) < 4.78 is 5.18. The second-order valence-corrected chi connectivity index (χ2v) is 7.79. The van der Waals surface area contributed by atoms with Gasteiger partial charge in [-0.2, -0.15) is 0 Å². The highest BCUT2D eigenvalue weighted by atomic mass is 16.5. The molecule has 3 aliphatic rings. The number of carbonyl (C=O) groups is 2. The molecule has 2 atom stereocenters. The Morgan fingerprint density at radius 3 is 2.41 bits per heavy atom. The quantitative estimate of drug-likeness (QED) is 0.760. The third-order valence-electron chi connectivity index (χ3n) is 6.17. The summed E-state index contributed by atoms with van der Waals surface area (Å²) in [6, 6.07) is 7.17. The topological polar surface area (TPSA) is 49.9 Å². The van der Waals surface area contributed by atoms with Crippen molar-refractivity contribution < 1.29 is 14.3 Å². The first-order chi connectivity index (χ1) is 13.2. The number of ether oxygens (including phenoxy) is 1. The van der Waals surface area contributed by atoms with Gasteiger partial charge in [0.05, 0.1) is 18.7 Å². The highest BCUT2D eigenvalue weighted by molar-refractivity contribution is 6.21. The van der Waals surface area contributed by atoms with Crippen LogP contribution in [0.15, 0.2) is 36.0 Å². The molecule has 0 aromatic heterocycles. The summed E-state index contributed by atoms with van der Waals surface area (Å²) in [5, 5.41) is 0. The van der Waals surface area contributed by atoms with Crippen LogP contribution in [0.5, 0.6) is 5.75 Å². The molecule has 1 aromatic rings. The van der Waals surface area contributed by atoms with Gasteiger partial charge in [-0.3, -0.25) is 14.5 Å². The van der Waals surface area contributed by atoms with E-state index in [1.165, 1.54) is 29.9 Å². The lowest BCUT2D eigenvalue weighted by molar-refractivity contribution is -0.123. The lowest BCUT2D eigenvalue weighted by Gasteiger charge is -2.39. The van der Waals surface area contributed by atoms with Crippen LogP contribution >= 0.6 is 0 Å². The van der Waals surface area contributed by atoms with Gasteiger partial charge in [-0.15, -0.1) is 0 Å². The van der Waals surface area contributed by atoms with Crippen molar-refractivity contribution in [3.63, 3.8) is 0 Å². The molecule has 2 fully saturated rings. The zero-order chi connectivity index (χ0) is 18.8. The number of methoxy groups -OCH3 is 1. The molecular weight excluding hydrogens is 340 g/mol. The summed E-state index contributed by atoms with van der Waals surface area (Å²) in [6.45, 7) is 2.17. The summed E-state index contributed by atoms with van der Waals surface area (Å²) in [5.74, 6) is 0.542. The fourth-order valence-electron chi connectivity index (χ4n) is 4.78. The average Bonchev–Trinajstić information content (AvgIpc) is 3.02. The standard InChI is InChI=1S/C22H28N2O3/c1-27-17-11-9-16(10-12-17)24-21(25)15-19(22(24)26)18-7-3-4-8-20(18)23-13-5-2-6-14-23/h8-12,18-19H,2-7,13-15H2,1H3/t18-,19+/m1/s1. The zero-order valence-electron chi connectivity index (χ0n) is 16.0. The molecule has 0 unspecified atom stereocenters. The Balaban J connectivity index is 1.56. The molecule has 144 valence electrons. The molecule has 0 bridgehead atoms. The molecule has 4 rings (SSSR count). The second kappa shape index (κ2) is 7.75. The minimum atomic E-state index is -0.229. The number of amides is 2. The molecule has 27 heavy (non-hydrogen) atoms. The van der Waals surface area contributed by atoms with Crippen molar-refractivity contribution in [3.8, 4) is 5.75 Å². The molecule has 5 heteroatoms. The van der Waals surface area contributed by atoms with Crippen molar-refractivity contribution in [2.75, 3.05) is 25.1 Å². The van der Waals surface area contributed by atoms with Crippen LogP contribution in [0, 0.1) is 11.8 Å². The molecule has 0 spiro atoms. The van der Waals surface area contributed by atoms with Crippen molar-refractivity contribution in [1.82, 2.24) is 4.90 Å². The smallest absolute Gasteiger partial charge is 0.238 e.